The molecule has 196 valence electrons. The number of amides is 3. The first-order valence-corrected chi connectivity index (χ1v) is 11.6. The van der Waals surface area contributed by atoms with Crippen LogP contribution >= 0.6 is 0 Å². The number of hydrogen-bond donors (Lipinski definition) is 2. The summed E-state index contributed by atoms with van der Waals surface area (Å²) in [5, 5.41) is 10.1. The minimum absolute atomic E-state index is 0.0114. The average molecular weight is 502 g/mol. The van der Waals surface area contributed by atoms with Crippen LogP contribution in [0.3, 0.4) is 0 Å². The number of carbonyl (C=O) groups is 3. The second-order valence-corrected chi connectivity index (χ2v) is 9.23. The first kappa shape index (κ1) is 28.2. The van der Waals surface area contributed by atoms with Crippen molar-refractivity contribution >= 4 is 23.7 Å². The number of carboxylic acids is 1. The lowest BCUT2D eigenvalue weighted by Gasteiger charge is -2.22. The fraction of sp³-hybridized carbons (Fsp3) is 0.652. The molecule has 0 radical (unpaired) electrons. The molecule has 3 heterocycles. The largest absolute Gasteiger partial charge is 0.490 e. The monoisotopic (exact) mass is 501 g/mol. The van der Waals surface area contributed by atoms with Gasteiger partial charge in [0.2, 0.25) is 0 Å². The van der Waals surface area contributed by atoms with Gasteiger partial charge in [0.15, 0.2) is 0 Å². The fourth-order valence-corrected chi connectivity index (χ4v) is 3.82. The number of rotatable bonds is 4. The smallest absolute Gasteiger partial charge is 0.475 e. The third-order valence-corrected chi connectivity index (χ3v) is 5.68. The number of urea groups is 1. The second kappa shape index (κ2) is 12.1. The molecule has 1 fully saturated rings. The molecular weight excluding hydrogens is 467 g/mol. The number of fused-ring (bicyclic) bond motifs is 1. The van der Waals surface area contributed by atoms with Gasteiger partial charge in [-0.1, -0.05) is 13.8 Å². The molecule has 12 heteroatoms. The van der Waals surface area contributed by atoms with Gasteiger partial charge >= 0.3 is 18.2 Å². The van der Waals surface area contributed by atoms with Gasteiger partial charge in [0.05, 0.1) is 5.56 Å². The summed E-state index contributed by atoms with van der Waals surface area (Å²) in [5.41, 5.74) is 2.77. The molecule has 2 N–H and O–H groups in total. The Labute approximate surface area is 203 Å². The molecule has 0 bridgehead atoms. The van der Waals surface area contributed by atoms with Gasteiger partial charge in [0.1, 0.15) is 5.82 Å². The number of pyridine rings is 1. The van der Waals surface area contributed by atoms with Crippen molar-refractivity contribution in [3.8, 4) is 0 Å². The molecule has 2 aliphatic rings. The van der Waals surface area contributed by atoms with Gasteiger partial charge in [-0.3, -0.25) is 4.79 Å². The van der Waals surface area contributed by atoms with Crippen molar-refractivity contribution in [1.82, 2.24) is 20.1 Å². The summed E-state index contributed by atoms with van der Waals surface area (Å²) in [5.74, 6) is -1.52. The second-order valence-electron chi connectivity index (χ2n) is 9.23. The minimum Gasteiger partial charge on any atom is -0.475 e. The van der Waals surface area contributed by atoms with Crippen LogP contribution in [-0.4, -0.2) is 90.8 Å². The molecule has 0 atom stereocenters. The van der Waals surface area contributed by atoms with Gasteiger partial charge in [0, 0.05) is 58.9 Å². The molecule has 1 aromatic heterocycles. The predicted octanol–water partition coefficient (Wildman–Crippen LogP) is 2.78. The lowest BCUT2D eigenvalue weighted by atomic mass is 10.0. The third kappa shape index (κ3) is 8.00. The summed E-state index contributed by atoms with van der Waals surface area (Å²) in [4.78, 5) is 45.0. The van der Waals surface area contributed by atoms with E-state index < -0.39 is 12.1 Å². The highest BCUT2D eigenvalue weighted by Crippen LogP contribution is 2.26. The topological polar surface area (TPSA) is 106 Å². The first-order chi connectivity index (χ1) is 16.3. The van der Waals surface area contributed by atoms with Crippen molar-refractivity contribution in [2.45, 2.75) is 45.7 Å². The molecule has 2 aliphatic heterocycles. The van der Waals surface area contributed by atoms with Crippen molar-refractivity contribution < 1.29 is 32.7 Å². The molecule has 0 aromatic carbocycles. The minimum atomic E-state index is -5.08. The zero-order valence-corrected chi connectivity index (χ0v) is 20.6. The Morgan fingerprint density at radius 1 is 1.09 bits per heavy atom. The summed E-state index contributed by atoms with van der Waals surface area (Å²) in [6.07, 6.45) is -1.50. The van der Waals surface area contributed by atoms with Crippen LogP contribution in [0.2, 0.25) is 0 Å². The van der Waals surface area contributed by atoms with Crippen LogP contribution in [0.5, 0.6) is 0 Å². The molecule has 35 heavy (non-hydrogen) atoms. The predicted molar refractivity (Wildman–Crippen MR) is 125 cm³/mol. The van der Waals surface area contributed by atoms with E-state index in [1.165, 1.54) is 0 Å². The van der Waals surface area contributed by atoms with Crippen LogP contribution in [-0.2, 0) is 17.6 Å². The van der Waals surface area contributed by atoms with E-state index in [2.05, 4.69) is 19.2 Å². The van der Waals surface area contributed by atoms with Crippen molar-refractivity contribution in [2.24, 2.45) is 5.92 Å². The Morgan fingerprint density at radius 2 is 1.66 bits per heavy atom. The van der Waals surface area contributed by atoms with Crippen LogP contribution in [0.15, 0.2) is 6.07 Å². The van der Waals surface area contributed by atoms with E-state index in [-0.39, 0.29) is 11.9 Å². The van der Waals surface area contributed by atoms with Crippen LogP contribution in [0.25, 0.3) is 0 Å². The number of aliphatic carboxylic acids is 1. The Morgan fingerprint density at radius 3 is 2.17 bits per heavy atom. The zero-order chi connectivity index (χ0) is 26.3. The molecule has 1 saturated heterocycles. The van der Waals surface area contributed by atoms with Gasteiger partial charge in [-0.2, -0.15) is 13.2 Å². The molecule has 0 spiro atoms. The summed E-state index contributed by atoms with van der Waals surface area (Å²) in [6, 6.07) is 2.01. The summed E-state index contributed by atoms with van der Waals surface area (Å²) in [7, 11) is 3.86. The zero-order valence-electron chi connectivity index (χ0n) is 20.6. The van der Waals surface area contributed by atoms with Crippen molar-refractivity contribution in [3.05, 3.63) is 22.9 Å². The number of nitrogens with zero attached hydrogens (tertiary/aromatic N) is 4. The van der Waals surface area contributed by atoms with Crippen LogP contribution in [0.4, 0.5) is 23.8 Å². The maximum Gasteiger partial charge on any atom is 0.490 e. The Kier molecular flexibility index (Phi) is 9.73. The van der Waals surface area contributed by atoms with Gasteiger partial charge in [0.25, 0.3) is 5.91 Å². The highest BCUT2D eigenvalue weighted by Gasteiger charge is 2.38. The number of carbonyl (C=O) groups excluding carboxylic acids is 2. The van der Waals surface area contributed by atoms with E-state index in [1.807, 2.05) is 34.9 Å². The Balaban J connectivity index is 0.000000540. The third-order valence-electron chi connectivity index (χ3n) is 5.68. The van der Waals surface area contributed by atoms with Gasteiger partial charge in [-0.05, 0) is 36.8 Å². The Hall–Kier alpha value is -3.05. The molecule has 1 aromatic rings. The maximum absolute atomic E-state index is 13.1. The van der Waals surface area contributed by atoms with Crippen LogP contribution in [0.1, 0.15) is 48.3 Å². The molecule has 0 aliphatic carbocycles. The van der Waals surface area contributed by atoms with E-state index in [9.17, 15) is 22.8 Å². The fourth-order valence-electron chi connectivity index (χ4n) is 3.82. The van der Waals surface area contributed by atoms with Gasteiger partial charge in [-0.25, -0.2) is 14.6 Å². The van der Waals surface area contributed by atoms with E-state index in [1.54, 1.807) is 0 Å². The van der Waals surface area contributed by atoms with Gasteiger partial charge in [-0.15, -0.1) is 0 Å². The first-order valence-electron chi connectivity index (χ1n) is 11.6. The molecule has 3 amide bonds. The average Bonchev–Trinajstić information content (AvgIpc) is 3.23. The highest BCUT2D eigenvalue weighted by atomic mass is 19.4. The summed E-state index contributed by atoms with van der Waals surface area (Å²) >= 11 is 0. The normalized spacial score (nSPS) is 15.7. The Bertz CT molecular complexity index is 915. The quantitative estimate of drug-likeness (QED) is 0.657. The maximum atomic E-state index is 13.1. The van der Waals surface area contributed by atoms with Crippen molar-refractivity contribution in [2.75, 3.05) is 51.7 Å². The number of aromatic nitrogens is 1. The van der Waals surface area contributed by atoms with Crippen molar-refractivity contribution in [1.29, 1.82) is 0 Å². The van der Waals surface area contributed by atoms with Crippen LogP contribution in [0, 0.1) is 5.92 Å². The lowest BCUT2D eigenvalue weighted by Crippen LogP contribution is -2.42. The number of halogens is 3. The standard InChI is InChI=1S/C21H33N5O2.C2HF3O2/c1-15(2)14-22-21(28)26-11-7-16-13-17(20(27)25-9-5-6-10-25)19(24(3)4)23-18(16)8-12-26;3-2(4,5)1(6)7/h13,15H,5-12,14H2,1-4H3,(H,22,28);(H,6,7). The van der Waals surface area contributed by atoms with Gasteiger partial charge < -0.3 is 25.1 Å². The van der Waals surface area contributed by atoms with Crippen molar-refractivity contribution in [3.63, 3.8) is 0 Å². The lowest BCUT2D eigenvalue weighted by molar-refractivity contribution is -0.192. The molecule has 0 unspecified atom stereocenters. The number of likely N-dealkylation sites (tertiary alicyclic amines) is 1. The number of hydrogen-bond acceptors (Lipinski definition) is 5. The van der Waals surface area contributed by atoms with E-state index in [0.29, 0.717) is 37.5 Å². The van der Waals surface area contributed by atoms with E-state index >= 15 is 0 Å². The number of alkyl halides is 3. The summed E-state index contributed by atoms with van der Waals surface area (Å²) in [6.45, 7) is 7.81. The van der Waals surface area contributed by atoms with Crippen LogP contribution < -0.4 is 10.2 Å². The number of nitrogens with one attached hydrogen (secondary N) is 1. The highest BCUT2D eigenvalue weighted by molar-refractivity contribution is 5.99. The SMILES string of the molecule is CC(C)CNC(=O)N1CCc2cc(C(=O)N3CCCC3)c(N(C)C)nc2CC1.O=C(O)C(F)(F)F. The molecule has 3 rings (SSSR count). The molecular formula is C23H34F3N5O4. The number of carboxylic acid groups (broad SMARTS) is 1. The molecule has 0 saturated carbocycles. The molecule has 9 nitrogen and oxygen atoms in total. The van der Waals surface area contributed by atoms with E-state index in [0.717, 1.165) is 49.4 Å². The van der Waals surface area contributed by atoms with E-state index in [4.69, 9.17) is 14.9 Å². The summed E-state index contributed by atoms with van der Waals surface area (Å²) < 4.78 is 31.7. The number of anilines is 1.